The Morgan fingerprint density at radius 1 is 1.45 bits per heavy atom. The molecule has 6 nitrogen and oxygen atoms in total. The number of hydrogen-bond donors (Lipinski definition) is 3. The predicted octanol–water partition coefficient (Wildman–Crippen LogP) is 0.552. The van der Waals surface area contributed by atoms with Crippen LogP contribution in [0.25, 0.3) is 0 Å². The van der Waals surface area contributed by atoms with E-state index in [-0.39, 0.29) is 6.61 Å². The fourth-order valence-corrected chi connectivity index (χ4v) is 1.49. The van der Waals surface area contributed by atoms with Gasteiger partial charge in [-0.1, -0.05) is 6.08 Å². The van der Waals surface area contributed by atoms with Gasteiger partial charge in [0.25, 0.3) is 0 Å². The number of nitrogens with one attached hydrogen (secondary N) is 2. The lowest BCUT2D eigenvalue weighted by atomic mass is 10.3. The number of aliphatic imine (C=N–C) groups is 1. The van der Waals surface area contributed by atoms with Gasteiger partial charge in [0.05, 0.1) is 32.6 Å². The van der Waals surface area contributed by atoms with Crippen LogP contribution < -0.4 is 10.6 Å². The van der Waals surface area contributed by atoms with Crippen molar-refractivity contribution in [1.82, 2.24) is 10.6 Å². The molecule has 0 atom stereocenters. The summed E-state index contributed by atoms with van der Waals surface area (Å²) < 4.78 is 10.4. The summed E-state index contributed by atoms with van der Waals surface area (Å²) in [7, 11) is 0. The van der Waals surface area contributed by atoms with Crippen molar-refractivity contribution in [2.24, 2.45) is 4.99 Å². The Hall–Kier alpha value is -1.79. The summed E-state index contributed by atoms with van der Waals surface area (Å²) in [6, 6.07) is 3.82. The number of aliphatic hydroxyl groups is 1. The van der Waals surface area contributed by atoms with Gasteiger partial charge in [0.1, 0.15) is 5.76 Å². The van der Waals surface area contributed by atoms with Gasteiger partial charge < -0.3 is 24.9 Å². The highest BCUT2D eigenvalue weighted by Crippen LogP contribution is 1.99. The molecule has 0 bridgehead atoms. The molecule has 6 heteroatoms. The third-order valence-corrected chi connectivity index (χ3v) is 2.40. The summed E-state index contributed by atoms with van der Waals surface area (Å²) in [5.74, 6) is 1.65. The smallest absolute Gasteiger partial charge is 0.191 e. The van der Waals surface area contributed by atoms with Gasteiger partial charge in [-0.15, -0.1) is 6.58 Å². The predicted molar refractivity (Wildman–Crippen MR) is 78.8 cm³/mol. The summed E-state index contributed by atoms with van der Waals surface area (Å²) in [5, 5.41) is 14.9. The third-order valence-electron chi connectivity index (χ3n) is 2.40. The third kappa shape index (κ3) is 7.60. The van der Waals surface area contributed by atoms with Crippen LogP contribution in [-0.2, 0) is 11.2 Å². The van der Waals surface area contributed by atoms with Gasteiger partial charge >= 0.3 is 0 Å². The van der Waals surface area contributed by atoms with Gasteiger partial charge in [-0.2, -0.15) is 0 Å². The Labute approximate surface area is 119 Å². The van der Waals surface area contributed by atoms with Gasteiger partial charge in [-0.05, 0) is 12.1 Å². The van der Waals surface area contributed by atoms with E-state index in [1.54, 1.807) is 12.3 Å². The van der Waals surface area contributed by atoms with E-state index >= 15 is 0 Å². The van der Waals surface area contributed by atoms with Crippen molar-refractivity contribution in [2.45, 2.75) is 6.42 Å². The highest BCUT2D eigenvalue weighted by atomic mass is 16.5. The molecular weight excluding hydrogens is 258 g/mol. The molecule has 0 saturated heterocycles. The minimum atomic E-state index is 0.0344. The first-order valence-electron chi connectivity index (χ1n) is 6.71. The zero-order valence-electron chi connectivity index (χ0n) is 11.7. The van der Waals surface area contributed by atoms with E-state index in [4.69, 9.17) is 14.3 Å². The van der Waals surface area contributed by atoms with Gasteiger partial charge in [0.2, 0.25) is 0 Å². The molecule has 1 heterocycles. The zero-order valence-corrected chi connectivity index (χ0v) is 11.7. The van der Waals surface area contributed by atoms with Gasteiger partial charge in [0, 0.05) is 19.5 Å². The first kappa shape index (κ1) is 16.3. The van der Waals surface area contributed by atoms with Crippen molar-refractivity contribution in [2.75, 3.05) is 39.5 Å². The Morgan fingerprint density at radius 2 is 2.35 bits per heavy atom. The van der Waals surface area contributed by atoms with Gasteiger partial charge in [-0.25, -0.2) is 0 Å². The molecule has 112 valence electrons. The van der Waals surface area contributed by atoms with E-state index in [9.17, 15) is 0 Å². The maximum absolute atomic E-state index is 8.59. The molecular formula is C14H23N3O3. The summed E-state index contributed by atoms with van der Waals surface area (Å²) in [4.78, 5) is 4.36. The highest BCUT2D eigenvalue weighted by molar-refractivity contribution is 5.79. The van der Waals surface area contributed by atoms with Crippen molar-refractivity contribution in [3.05, 3.63) is 36.8 Å². The maximum Gasteiger partial charge on any atom is 0.191 e. The Kier molecular flexibility index (Phi) is 9.00. The van der Waals surface area contributed by atoms with Crippen LogP contribution in [0.3, 0.4) is 0 Å². The summed E-state index contributed by atoms with van der Waals surface area (Å²) >= 11 is 0. The molecule has 1 aromatic heterocycles. The van der Waals surface area contributed by atoms with E-state index in [0.717, 1.165) is 18.7 Å². The molecule has 0 amide bonds. The SMILES string of the molecule is C=CCNC(=NCCOCCO)NCCc1ccco1. The molecule has 0 aliphatic rings. The van der Waals surface area contributed by atoms with Crippen LogP contribution in [0, 0.1) is 0 Å². The monoisotopic (exact) mass is 281 g/mol. The van der Waals surface area contributed by atoms with Crippen LogP contribution in [0.2, 0.25) is 0 Å². The number of guanidine groups is 1. The zero-order chi connectivity index (χ0) is 14.5. The minimum Gasteiger partial charge on any atom is -0.469 e. The number of ether oxygens (including phenoxy) is 1. The lowest BCUT2D eigenvalue weighted by Crippen LogP contribution is -2.38. The van der Waals surface area contributed by atoms with Crippen molar-refractivity contribution in [3.8, 4) is 0 Å². The van der Waals surface area contributed by atoms with Crippen molar-refractivity contribution >= 4 is 5.96 Å². The molecule has 3 N–H and O–H groups in total. The molecule has 0 unspecified atom stereocenters. The van der Waals surface area contributed by atoms with Crippen molar-refractivity contribution in [1.29, 1.82) is 0 Å². The quantitative estimate of drug-likeness (QED) is 0.253. The highest BCUT2D eigenvalue weighted by Gasteiger charge is 1.99. The molecule has 0 aliphatic carbocycles. The Morgan fingerprint density at radius 3 is 3.05 bits per heavy atom. The second-order valence-corrected chi connectivity index (χ2v) is 3.99. The molecule has 0 spiro atoms. The van der Waals surface area contributed by atoms with E-state index < -0.39 is 0 Å². The van der Waals surface area contributed by atoms with E-state index in [1.165, 1.54) is 0 Å². The number of rotatable bonds is 10. The fraction of sp³-hybridized carbons (Fsp3) is 0.500. The standard InChI is InChI=1S/C14H23N3O3/c1-2-6-15-14(17-8-11-19-12-9-18)16-7-5-13-4-3-10-20-13/h2-4,10,18H,1,5-9,11-12H2,(H2,15,16,17). The van der Waals surface area contributed by atoms with Crippen molar-refractivity contribution < 1.29 is 14.3 Å². The molecule has 0 aliphatic heterocycles. The van der Waals surface area contributed by atoms with Gasteiger partial charge in [0.15, 0.2) is 5.96 Å². The Bertz CT molecular complexity index is 377. The summed E-state index contributed by atoms with van der Waals surface area (Å²) in [5.41, 5.74) is 0. The normalized spacial score (nSPS) is 11.3. The average molecular weight is 281 g/mol. The van der Waals surface area contributed by atoms with Crippen LogP contribution in [-0.4, -0.2) is 50.5 Å². The summed E-state index contributed by atoms with van der Waals surface area (Å²) in [6.45, 7) is 6.43. The van der Waals surface area contributed by atoms with Crippen LogP contribution >= 0.6 is 0 Å². The molecule has 0 aromatic carbocycles. The number of furan rings is 1. The second-order valence-electron chi connectivity index (χ2n) is 3.99. The summed E-state index contributed by atoms with van der Waals surface area (Å²) in [6.07, 6.45) is 4.23. The average Bonchev–Trinajstić information content (AvgIpc) is 2.97. The Balaban J connectivity index is 2.26. The maximum atomic E-state index is 8.59. The second kappa shape index (κ2) is 11.1. The molecule has 0 radical (unpaired) electrons. The minimum absolute atomic E-state index is 0.0344. The fourth-order valence-electron chi connectivity index (χ4n) is 1.49. The molecule has 1 aromatic rings. The van der Waals surface area contributed by atoms with Crippen molar-refractivity contribution in [3.63, 3.8) is 0 Å². The van der Waals surface area contributed by atoms with Crippen LogP contribution in [0.5, 0.6) is 0 Å². The molecule has 0 saturated carbocycles. The lowest BCUT2D eigenvalue weighted by molar-refractivity contribution is 0.0977. The molecule has 20 heavy (non-hydrogen) atoms. The van der Waals surface area contributed by atoms with E-state index in [1.807, 2.05) is 12.1 Å². The molecule has 0 fully saturated rings. The first-order valence-corrected chi connectivity index (χ1v) is 6.71. The topological polar surface area (TPSA) is 79.0 Å². The first-order chi connectivity index (χ1) is 9.86. The van der Waals surface area contributed by atoms with E-state index in [2.05, 4.69) is 22.2 Å². The number of aliphatic hydroxyl groups excluding tert-OH is 1. The largest absolute Gasteiger partial charge is 0.469 e. The number of hydrogen-bond acceptors (Lipinski definition) is 4. The van der Waals surface area contributed by atoms with E-state index in [0.29, 0.717) is 32.3 Å². The van der Waals surface area contributed by atoms with Gasteiger partial charge in [-0.3, -0.25) is 4.99 Å². The molecule has 1 rings (SSSR count). The van der Waals surface area contributed by atoms with Crippen LogP contribution in [0.15, 0.2) is 40.5 Å². The van der Waals surface area contributed by atoms with Crippen LogP contribution in [0.1, 0.15) is 5.76 Å². The lowest BCUT2D eigenvalue weighted by Gasteiger charge is -2.10. The number of nitrogens with zero attached hydrogens (tertiary/aromatic N) is 1. The van der Waals surface area contributed by atoms with Crippen LogP contribution in [0.4, 0.5) is 0 Å².